The van der Waals surface area contributed by atoms with E-state index in [1.807, 2.05) is 0 Å². The minimum atomic E-state index is -1.45. The van der Waals surface area contributed by atoms with Crippen molar-refractivity contribution >= 4 is 5.97 Å². The van der Waals surface area contributed by atoms with E-state index in [1.165, 1.54) is 0 Å². The monoisotopic (exact) mass is 534 g/mol. The van der Waals surface area contributed by atoms with Gasteiger partial charge in [-0.25, -0.2) is 4.79 Å². The molecule has 0 amide bonds. The first-order valence-corrected chi connectivity index (χ1v) is 14.3. The topological polar surface area (TPSA) is 146 Å². The Bertz CT molecular complexity index is 1010. The van der Waals surface area contributed by atoms with Crippen LogP contribution < -0.4 is 0 Å². The molecule has 5 N–H and O–H groups in total. The number of carbonyl (C=O) groups excluding carboxylic acids is 1. The second-order valence-electron chi connectivity index (χ2n) is 13.1. The van der Waals surface area contributed by atoms with E-state index in [0.29, 0.717) is 12.5 Å². The summed E-state index contributed by atoms with van der Waals surface area (Å²) in [6, 6.07) is 0. The number of aliphatic hydroxyl groups is 5. The zero-order valence-electron chi connectivity index (χ0n) is 22.2. The minimum Gasteiger partial charge on any atom is -0.458 e. The predicted molar refractivity (Wildman–Crippen MR) is 134 cm³/mol. The third-order valence-corrected chi connectivity index (χ3v) is 11.5. The Kier molecular flexibility index (Phi) is 6.62. The van der Waals surface area contributed by atoms with E-state index in [-0.39, 0.29) is 35.2 Å². The van der Waals surface area contributed by atoms with Crippen molar-refractivity contribution in [2.24, 2.45) is 34.5 Å². The molecule has 9 heteroatoms. The first kappa shape index (κ1) is 26.9. The zero-order valence-corrected chi connectivity index (χ0v) is 22.2. The van der Waals surface area contributed by atoms with Crippen LogP contribution in [0.15, 0.2) is 23.8 Å². The molecule has 0 bridgehead atoms. The van der Waals surface area contributed by atoms with Crippen molar-refractivity contribution in [1.82, 2.24) is 0 Å². The summed E-state index contributed by atoms with van der Waals surface area (Å²) in [5.74, 6) is 0.564. The van der Waals surface area contributed by atoms with Crippen molar-refractivity contribution in [2.75, 3.05) is 13.2 Å². The number of cyclic esters (lactones) is 1. The van der Waals surface area contributed by atoms with E-state index in [0.717, 1.165) is 50.5 Å². The van der Waals surface area contributed by atoms with E-state index < -0.39 is 48.3 Å². The molecule has 3 saturated carbocycles. The second kappa shape index (κ2) is 9.36. The molecule has 1 saturated heterocycles. The Morgan fingerprint density at radius 1 is 1.05 bits per heavy atom. The van der Waals surface area contributed by atoms with Gasteiger partial charge in [-0.15, -0.1) is 0 Å². The molecule has 4 fully saturated rings. The Balaban J connectivity index is 1.18. The third-order valence-electron chi connectivity index (χ3n) is 11.5. The Labute approximate surface area is 223 Å². The van der Waals surface area contributed by atoms with E-state index in [9.17, 15) is 30.3 Å². The smallest absolute Gasteiger partial charge is 0.331 e. The molecule has 4 aliphatic carbocycles. The van der Waals surface area contributed by atoms with Crippen molar-refractivity contribution < 1.29 is 44.5 Å². The molecule has 212 valence electrons. The van der Waals surface area contributed by atoms with Gasteiger partial charge in [-0.1, -0.05) is 26.0 Å². The molecule has 2 heterocycles. The standard InChI is InChI=1S/C29H42O9/c1-27-8-5-17(37-26-25(34)24(33)23(32)21(13-30)38-26)12-16(27)3-4-20-19(27)6-9-28(2)18(7-10-29(20,28)35)15-11-22(31)36-14-15/h6,9,11,16-21,23-26,30,32-35H,3-5,7-8,10,12-14H2,1-2H3/t16-,17+,18-,19+,20-,21-,23-,24-,25-,26-,27+,28-,29+/m1/s1. The van der Waals surface area contributed by atoms with E-state index in [1.54, 1.807) is 6.08 Å². The highest BCUT2D eigenvalue weighted by atomic mass is 16.7. The fourth-order valence-electron chi connectivity index (χ4n) is 9.21. The quantitative estimate of drug-likeness (QED) is 0.204. The first-order valence-electron chi connectivity index (χ1n) is 14.3. The maximum absolute atomic E-state index is 12.3. The zero-order chi connectivity index (χ0) is 27.0. The Hall–Kier alpha value is -1.33. The van der Waals surface area contributed by atoms with Crippen LogP contribution in [0.4, 0.5) is 0 Å². The summed E-state index contributed by atoms with van der Waals surface area (Å²) in [5, 5.41) is 52.5. The Morgan fingerprint density at radius 2 is 1.84 bits per heavy atom. The maximum atomic E-state index is 12.3. The summed E-state index contributed by atoms with van der Waals surface area (Å²) >= 11 is 0. The van der Waals surface area contributed by atoms with Gasteiger partial charge in [0.05, 0.1) is 18.3 Å². The number of carbonyl (C=O) groups is 1. The molecular weight excluding hydrogens is 492 g/mol. The van der Waals surface area contributed by atoms with Gasteiger partial charge < -0.3 is 39.7 Å². The lowest BCUT2D eigenvalue weighted by atomic mass is 9.45. The van der Waals surface area contributed by atoms with Crippen molar-refractivity contribution in [3.05, 3.63) is 23.8 Å². The number of hydrogen-bond donors (Lipinski definition) is 5. The number of aliphatic hydroxyl groups excluding tert-OH is 4. The average molecular weight is 535 g/mol. The highest BCUT2D eigenvalue weighted by Gasteiger charge is 2.66. The van der Waals surface area contributed by atoms with E-state index in [2.05, 4.69) is 26.0 Å². The van der Waals surface area contributed by atoms with Gasteiger partial charge in [0.2, 0.25) is 0 Å². The van der Waals surface area contributed by atoms with Crippen molar-refractivity contribution in [3.8, 4) is 0 Å². The molecule has 0 spiro atoms. The molecule has 6 aliphatic rings. The number of allylic oxidation sites excluding steroid dienone is 1. The summed E-state index contributed by atoms with van der Waals surface area (Å²) in [7, 11) is 0. The number of ether oxygens (including phenoxy) is 3. The third kappa shape index (κ3) is 3.80. The normalized spacial score (nSPS) is 54.1. The highest BCUT2D eigenvalue weighted by Crippen LogP contribution is 2.67. The van der Waals surface area contributed by atoms with Crippen LogP contribution in [-0.2, 0) is 19.0 Å². The van der Waals surface area contributed by atoms with Crippen molar-refractivity contribution in [2.45, 2.75) is 101 Å². The molecule has 0 aromatic carbocycles. The van der Waals surface area contributed by atoms with Crippen LogP contribution in [0.3, 0.4) is 0 Å². The Morgan fingerprint density at radius 3 is 2.55 bits per heavy atom. The number of esters is 1. The molecule has 0 radical (unpaired) electrons. The molecular formula is C29H42O9. The van der Waals surface area contributed by atoms with Gasteiger partial charge >= 0.3 is 5.97 Å². The minimum absolute atomic E-state index is 0.00446. The summed E-state index contributed by atoms with van der Waals surface area (Å²) in [6.45, 7) is 4.34. The fourth-order valence-corrected chi connectivity index (χ4v) is 9.21. The lowest BCUT2D eigenvalue weighted by Gasteiger charge is -2.61. The molecule has 6 rings (SSSR count). The summed E-state index contributed by atoms with van der Waals surface area (Å²) in [4.78, 5) is 11.8. The van der Waals surface area contributed by atoms with Gasteiger partial charge in [-0.3, -0.25) is 0 Å². The van der Waals surface area contributed by atoms with Crippen LogP contribution in [0.1, 0.15) is 58.8 Å². The van der Waals surface area contributed by atoms with Gasteiger partial charge in [0.1, 0.15) is 31.0 Å². The summed E-state index contributed by atoms with van der Waals surface area (Å²) in [6.07, 6.45) is 5.58. The van der Waals surface area contributed by atoms with Crippen LogP contribution >= 0.6 is 0 Å². The molecule has 2 aliphatic heterocycles. The van der Waals surface area contributed by atoms with Gasteiger partial charge in [0, 0.05) is 11.5 Å². The molecule has 38 heavy (non-hydrogen) atoms. The molecule has 0 aromatic heterocycles. The van der Waals surface area contributed by atoms with Crippen LogP contribution in [0, 0.1) is 34.5 Å². The largest absolute Gasteiger partial charge is 0.458 e. The lowest BCUT2D eigenvalue weighted by molar-refractivity contribution is -0.316. The van der Waals surface area contributed by atoms with Crippen LogP contribution in [0.25, 0.3) is 0 Å². The highest BCUT2D eigenvalue weighted by molar-refractivity contribution is 5.85. The fraction of sp³-hybridized carbons (Fsp3) is 0.828. The second-order valence-corrected chi connectivity index (χ2v) is 13.1. The number of hydrogen-bond acceptors (Lipinski definition) is 9. The molecule has 0 aromatic rings. The van der Waals surface area contributed by atoms with E-state index >= 15 is 0 Å². The van der Waals surface area contributed by atoms with Crippen molar-refractivity contribution in [3.63, 3.8) is 0 Å². The molecule has 13 atom stereocenters. The molecule has 9 nitrogen and oxygen atoms in total. The number of fused-ring (bicyclic) bond motifs is 5. The SMILES string of the molecule is C[C@]12CC[C@H](O[C@@H]3O[C@H](CO)[C@@H](O)[C@@H](O)[C@H]3O)C[C@H]1CC[C@@H]1[C@@H]2C=C[C@]2(C)[C@@H](C3=CC(=O)OC3)CC[C@]12O. The van der Waals surface area contributed by atoms with Gasteiger partial charge in [0.15, 0.2) is 6.29 Å². The molecule has 0 unspecified atom stereocenters. The summed E-state index contributed by atoms with van der Waals surface area (Å²) in [5.41, 5.74) is -0.264. The van der Waals surface area contributed by atoms with E-state index in [4.69, 9.17) is 14.2 Å². The van der Waals surface area contributed by atoms with Gasteiger partial charge in [0.25, 0.3) is 0 Å². The number of rotatable bonds is 4. The summed E-state index contributed by atoms with van der Waals surface area (Å²) < 4.78 is 17.0. The van der Waals surface area contributed by atoms with Gasteiger partial charge in [-0.05, 0) is 79.6 Å². The lowest BCUT2D eigenvalue weighted by Crippen LogP contribution is -2.61. The van der Waals surface area contributed by atoms with Crippen molar-refractivity contribution in [1.29, 1.82) is 0 Å². The van der Waals surface area contributed by atoms with Crippen LogP contribution in [0.5, 0.6) is 0 Å². The first-order chi connectivity index (χ1) is 18.0. The average Bonchev–Trinajstić information content (AvgIpc) is 3.44. The van der Waals surface area contributed by atoms with Crippen LogP contribution in [0.2, 0.25) is 0 Å². The maximum Gasteiger partial charge on any atom is 0.331 e. The predicted octanol–water partition coefficient (Wildman–Crippen LogP) is 1.20. The van der Waals surface area contributed by atoms with Crippen LogP contribution in [-0.4, -0.2) is 87.1 Å². The van der Waals surface area contributed by atoms with Gasteiger partial charge in [-0.2, -0.15) is 0 Å².